The molecule has 2 aromatic heterocycles. The molecule has 0 aliphatic carbocycles. The molecular weight excluding hydrogens is 234 g/mol. The van der Waals surface area contributed by atoms with Gasteiger partial charge in [-0.2, -0.15) is 9.61 Å². The van der Waals surface area contributed by atoms with Crippen molar-refractivity contribution in [3.8, 4) is 0 Å². The van der Waals surface area contributed by atoms with Crippen molar-refractivity contribution in [2.45, 2.75) is 26.4 Å². The topological polar surface area (TPSA) is 84.3 Å². The summed E-state index contributed by atoms with van der Waals surface area (Å²) in [6, 6.07) is 3.50. The Labute approximate surface area is 104 Å². The van der Waals surface area contributed by atoms with E-state index in [1.165, 1.54) is 4.52 Å². The summed E-state index contributed by atoms with van der Waals surface area (Å²) in [5.41, 5.74) is -0.139. The molecule has 18 heavy (non-hydrogen) atoms. The Morgan fingerprint density at radius 2 is 2.28 bits per heavy atom. The Morgan fingerprint density at radius 3 is 3.00 bits per heavy atom. The largest absolute Gasteiger partial charge is 0.374 e. The number of nitrogens with zero attached hydrogens (tertiary/aromatic N) is 3. The molecule has 2 heterocycles. The van der Waals surface area contributed by atoms with E-state index in [1.54, 1.807) is 12.1 Å². The number of ether oxygens (including phenoxy) is 1. The fourth-order valence-electron chi connectivity index (χ4n) is 1.64. The van der Waals surface area contributed by atoms with E-state index >= 15 is 0 Å². The minimum atomic E-state index is -0.349. The van der Waals surface area contributed by atoms with E-state index in [4.69, 9.17) is 4.74 Å². The van der Waals surface area contributed by atoms with Crippen LogP contribution >= 0.6 is 0 Å². The van der Waals surface area contributed by atoms with Crippen LogP contribution in [0.3, 0.4) is 0 Å². The third kappa shape index (κ3) is 2.67. The highest BCUT2D eigenvalue weighted by Crippen LogP contribution is 2.11. The van der Waals surface area contributed by atoms with E-state index in [0.717, 1.165) is 0 Å². The van der Waals surface area contributed by atoms with Crippen LogP contribution in [0.5, 0.6) is 0 Å². The van der Waals surface area contributed by atoms with Crippen molar-refractivity contribution in [2.24, 2.45) is 0 Å². The lowest BCUT2D eigenvalue weighted by Crippen LogP contribution is -2.33. The molecule has 7 nitrogen and oxygen atoms in total. The van der Waals surface area contributed by atoms with Crippen molar-refractivity contribution >= 4 is 11.5 Å². The molecule has 0 fully saturated rings. The van der Waals surface area contributed by atoms with Gasteiger partial charge in [0.25, 0.3) is 0 Å². The van der Waals surface area contributed by atoms with Gasteiger partial charge in [-0.05, 0) is 32.9 Å². The molecule has 0 saturated carbocycles. The van der Waals surface area contributed by atoms with Gasteiger partial charge in [0.1, 0.15) is 5.82 Å². The van der Waals surface area contributed by atoms with Crippen molar-refractivity contribution in [3.05, 3.63) is 22.6 Å². The van der Waals surface area contributed by atoms with Gasteiger partial charge in [-0.25, -0.2) is 9.89 Å². The summed E-state index contributed by atoms with van der Waals surface area (Å²) in [5, 5.41) is 13.4. The Balaban J connectivity index is 2.12. The molecule has 0 atom stereocenters. The lowest BCUT2D eigenvalue weighted by Gasteiger charge is -2.25. The maximum Gasteiger partial charge on any atom is 0.364 e. The van der Waals surface area contributed by atoms with Crippen molar-refractivity contribution < 1.29 is 4.74 Å². The van der Waals surface area contributed by atoms with Crippen LogP contribution in [-0.4, -0.2) is 38.6 Å². The van der Waals surface area contributed by atoms with Crippen LogP contribution in [-0.2, 0) is 4.74 Å². The fraction of sp³-hybridized carbons (Fsp3) is 0.545. The Kier molecular flexibility index (Phi) is 3.33. The molecule has 0 amide bonds. The lowest BCUT2D eigenvalue weighted by molar-refractivity contribution is 0.000630. The minimum Gasteiger partial charge on any atom is -0.374 e. The molecule has 0 radical (unpaired) electrons. The average molecular weight is 251 g/mol. The summed E-state index contributed by atoms with van der Waals surface area (Å²) in [4.78, 5) is 11.4. The zero-order chi connectivity index (χ0) is 13.2. The maximum absolute atomic E-state index is 11.4. The Hall–Kier alpha value is -1.89. The molecule has 0 unspecified atom stereocenters. The highest BCUT2D eigenvalue weighted by Gasteiger charge is 2.17. The van der Waals surface area contributed by atoms with E-state index in [0.29, 0.717) is 24.6 Å². The second-order valence-electron chi connectivity index (χ2n) is 4.56. The molecule has 0 aliphatic rings. The first-order chi connectivity index (χ1) is 8.52. The molecule has 98 valence electrons. The second kappa shape index (κ2) is 4.77. The Morgan fingerprint density at radius 1 is 1.50 bits per heavy atom. The van der Waals surface area contributed by atoms with E-state index in [2.05, 4.69) is 20.6 Å². The van der Waals surface area contributed by atoms with Crippen LogP contribution in [0.15, 0.2) is 16.9 Å². The van der Waals surface area contributed by atoms with Gasteiger partial charge in [0, 0.05) is 13.2 Å². The molecule has 0 spiro atoms. The van der Waals surface area contributed by atoms with Crippen molar-refractivity contribution in [2.75, 3.05) is 18.5 Å². The summed E-state index contributed by atoms with van der Waals surface area (Å²) >= 11 is 0. The SMILES string of the molecule is CCOC(C)(C)CNc1ccc2n[nH]c(=O)n2n1. The molecule has 2 N–H and O–H groups in total. The van der Waals surface area contributed by atoms with Crippen LogP contribution in [0.4, 0.5) is 5.82 Å². The number of aromatic amines is 1. The molecular formula is C11H17N5O2. The van der Waals surface area contributed by atoms with Gasteiger partial charge in [0.2, 0.25) is 0 Å². The number of hydrogen-bond acceptors (Lipinski definition) is 5. The van der Waals surface area contributed by atoms with Gasteiger partial charge >= 0.3 is 5.69 Å². The zero-order valence-corrected chi connectivity index (χ0v) is 10.7. The smallest absolute Gasteiger partial charge is 0.364 e. The molecule has 2 rings (SSSR count). The van der Waals surface area contributed by atoms with Crippen molar-refractivity contribution in [1.29, 1.82) is 0 Å². The number of H-pyrrole nitrogens is 1. The number of nitrogens with one attached hydrogen (secondary N) is 2. The predicted molar refractivity (Wildman–Crippen MR) is 67.8 cm³/mol. The first kappa shape index (κ1) is 12.6. The number of anilines is 1. The highest BCUT2D eigenvalue weighted by molar-refractivity contribution is 5.43. The predicted octanol–water partition coefficient (Wildman–Crippen LogP) is 0.645. The summed E-state index contributed by atoms with van der Waals surface area (Å²) < 4.78 is 6.79. The van der Waals surface area contributed by atoms with Crippen LogP contribution in [0.1, 0.15) is 20.8 Å². The van der Waals surface area contributed by atoms with Crippen LogP contribution in [0, 0.1) is 0 Å². The number of aromatic nitrogens is 4. The van der Waals surface area contributed by atoms with Gasteiger partial charge in [-0.15, -0.1) is 5.10 Å². The maximum atomic E-state index is 11.4. The van der Waals surface area contributed by atoms with Gasteiger partial charge in [0.15, 0.2) is 5.65 Å². The number of fused-ring (bicyclic) bond motifs is 1. The summed E-state index contributed by atoms with van der Waals surface area (Å²) in [5.74, 6) is 0.610. The van der Waals surface area contributed by atoms with Gasteiger partial charge in [-0.1, -0.05) is 0 Å². The first-order valence-corrected chi connectivity index (χ1v) is 5.84. The number of rotatable bonds is 5. The standard InChI is InChI=1S/C11H17N5O2/c1-4-18-11(2,3)7-12-8-5-6-9-13-14-10(17)16(9)15-8/h5-6H,4,7H2,1-3H3,(H,12,15)(H,14,17). The monoisotopic (exact) mass is 251 g/mol. The van der Waals surface area contributed by atoms with E-state index in [9.17, 15) is 4.79 Å². The molecule has 7 heteroatoms. The van der Waals surface area contributed by atoms with Crippen LogP contribution in [0.25, 0.3) is 5.65 Å². The van der Waals surface area contributed by atoms with Crippen LogP contribution < -0.4 is 11.0 Å². The second-order valence-corrected chi connectivity index (χ2v) is 4.56. The summed E-state index contributed by atoms with van der Waals surface area (Å²) in [6.45, 7) is 7.20. The molecule has 0 bridgehead atoms. The van der Waals surface area contributed by atoms with Gasteiger partial charge < -0.3 is 10.1 Å². The molecule has 2 aromatic rings. The normalized spacial score (nSPS) is 11.9. The minimum absolute atomic E-state index is 0.285. The molecule has 0 aromatic carbocycles. The first-order valence-electron chi connectivity index (χ1n) is 5.84. The van der Waals surface area contributed by atoms with E-state index < -0.39 is 0 Å². The fourth-order valence-corrected chi connectivity index (χ4v) is 1.64. The number of hydrogen-bond donors (Lipinski definition) is 2. The van der Waals surface area contributed by atoms with Crippen LogP contribution in [0.2, 0.25) is 0 Å². The summed E-state index contributed by atoms with van der Waals surface area (Å²) in [6.07, 6.45) is 0. The highest BCUT2D eigenvalue weighted by atomic mass is 16.5. The zero-order valence-electron chi connectivity index (χ0n) is 10.7. The Bertz CT molecular complexity index is 586. The van der Waals surface area contributed by atoms with Crippen molar-refractivity contribution in [3.63, 3.8) is 0 Å². The van der Waals surface area contributed by atoms with Crippen molar-refractivity contribution in [1.82, 2.24) is 19.8 Å². The van der Waals surface area contributed by atoms with Gasteiger partial charge in [0.05, 0.1) is 5.60 Å². The van der Waals surface area contributed by atoms with Gasteiger partial charge in [-0.3, -0.25) is 0 Å². The van der Waals surface area contributed by atoms with E-state index in [1.807, 2.05) is 20.8 Å². The molecule has 0 aliphatic heterocycles. The average Bonchev–Trinajstić information content (AvgIpc) is 2.69. The third-order valence-corrected chi connectivity index (χ3v) is 2.50. The lowest BCUT2D eigenvalue weighted by atomic mass is 10.1. The van der Waals surface area contributed by atoms with E-state index in [-0.39, 0.29) is 11.3 Å². The third-order valence-electron chi connectivity index (χ3n) is 2.50. The quantitative estimate of drug-likeness (QED) is 0.814. The molecule has 0 saturated heterocycles. The summed E-state index contributed by atoms with van der Waals surface area (Å²) in [7, 11) is 0.